The number of pyridine rings is 1. The summed E-state index contributed by atoms with van der Waals surface area (Å²) in [7, 11) is 0. The maximum Gasteiger partial charge on any atom is 0.248 e. The average molecular weight is 371 g/mol. The molecule has 0 aliphatic carbocycles. The van der Waals surface area contributed by atoms with Gasteiger partial charge < -0.3 is 10.5 Å². The highest BCUT2D eigenvalue weighted by Gasteiger charge is 2.08. The third-order valence-corrected chi connectivity index (χ3v) is 4.22. The van der Waals surface area contributed by atoms with Gasteiger partial charge in [0.25, 0.3) is 0 Å². The Hall–Kier alpha value is -2.92. The van der Waals surface area contributed by atoms with Crippen LogP contribution in [0, 0.1) is 12.7 Å². The van der Waals surface area contributed by atoms with E-state index in [1.54, 1.807) is 24.4 Å². The fourth-order valence-electron chi connectivity index (χ4n) is 2.55. The second kappa shape index (κ2) is 7.54. The molecule has 26 heavy (non-hydrogen) atoms. The first kappa shape index (κ1) is 17.9. The normalized spacial score (nSPS) is 10.6. The summed E-state index contributed by atoms with van der Waals surface area (Å²) in [5.41, 5.74) is 9.09. The fourth-order valence-corrected chi connectivity index (χ4v) is 2.67. The van der Waals surface area contributed by atoms with Gasteiger partial charge >= 0.3 is 0 Å². The Bertz CT molecular complexity index is 976. The van der Waals surface area contributed by atoms with Crippen molar-refractivity contribution < 1.29 is 13.9 Å². The van der Waals surface area contributed by atoms with Gasteiger partial charge in [-0.3, -0.25) is 9.78 Å². The number of carbonyl (C=O) groups is 1. The molecule has 1 amide bonds. The van der Waals surface area contributed by atoms with Crippen LogP contribution in [-0.2, 0) is 6.61 Å². The molecular formula is C20H16ClFN2O2. The molecule has 4 nitrogen and oxygen atoms in total. The number of benzene rings is 2. The van der Waals surface area contributed by atoms with Gasteiger partial charge in [-0.05, 0) is 54.4 Å². The minimum Gasteiger partial charge on any atom is -0.489 e. The molecule has 0 aliphatic heterocycles. The largest absolute Gasteiger partial charge is 0.489 e. The van der Waals surface area contributed by atoms with Crippen LogP contribution in [0.25, 0.3) is 11.3 Å². The molecule has 0 saturated heterocycles. The number of nitrogens with zero attached hydrogens (tertiary/aromatic N) is 1. The van der Waals surface area contributed by atoms with Crippen molar-refractivity contribution in [3.8, 4) is 17.0 Å². The lowest BCUT2D eigenvalue weighted by Gasteiger charge is -2.09. The maximum atomic E-state index is 13.5. The Labute approximate surface area is 155 Å². The smallest absolute Gasteiger partial charge is 0.248 e. The van der Waals surface area contributed by atoms with Crippen LogP contribution >= 0.6 is 11.6 Å². The average Bonchev–Trinajstić information content (AvgIpc) is 2.62. The van der Waals surface area contributed by atoms with Crippen LogP contribution in [-0.4, -0.2) is 10.9 Å². The van der Waals surface area contributed by atoms with E-state index in [0.717, 1.165) is 22.4 Å². The molecular weight excluding hydrogens is 355 g/mol. The molecule has 3 aromatic rings. The van der Waals surface area contributed by atoms with Crippen molar-refractivity contribution in [2.75, 3.05) is 0 Å². The fraction of sp³-hybridized carbons (Fsp3) is 0.100. The molecule has 0 fully saturated rings. The van der Waals surface area contributed by atoms with E-state index in [2.05, 4.69) is 4.98 Å². The van der Waals surface area contributed by atoms with Crippen molar-refractivity contribution >= 4 is 17.5 Å². The van der Waals surface area contributed by atoms with Gasteiger partial charge in [-0.25, -0.2) is 4.39 Å². The molecule has 0 aliphatic rings. The van der Waals surface area contributed by atoms with Crippen molar-refractivity contribution in [2.24, 2.45) is 5.73 Å². The van der Waals surface area contributed by atoms with E-state index < -0.39 is 11.7 Å². The summed E-state index contributed by atoms with van der Waals surface area (Å²) in [6.07, 6.45) is 1.67. The Balaban J connectivity index is 1.78. The number of nitrogens with two attached hydrogens (primary N) is 1. The highest BCUT2D eigenvalue weighted by molar-refractivity contribution is 6.30. The Morgan fingerprint density at radius 1 is 1.19 bits per heavy atom. The minimum absolute atomic E-state index is 0.0540. The van der Waals surface area contributed by atoms with Gasteiger partial charge in [0.1, 0.15) is 18.2 Å². The first-order valence-corrected chi connectivity index (χ1v) is 8.25. The zero-order valence-corrected chi connectivity index (χ0v) is 14.8. The topological polar surface area (TPSA) is 65.2 Å². The van der Waals surface area contributed by atoms with E-state index in [0.29, 0.717) is 11.3 Å². The summed E-state index contributed by atoms with van der Waals surface area (Å²) < 4.78 is 19.1. The standard InChI is InChI=1S/C20H16ClFN2O2/c1-12-8-14(2-4-16(12)20(23)25)19-9-13(6-7-24-19)11-26-15-3-5-17(21)18(22)10-15/h2-10H,11H2,1H3,(H2,23,25). The first-order valence-electron chi connectivity index (χ1n) is 7.87. The number of hydrogen-bond acceptors (Lipinski definition) is 3. The number of carbonyl (C=O) groups excluding carboxylic acids is 1. The summed E-state index contributed by atoms with van der Waals surface area (Å²) in [5, 5.41) is 0.0540. The molecule has 0 unspecified atom stereocenters. The maximum absolute atomic E-state index is 13.5. The summed E-state index contributed by atoms with van der Waals surface area (Å²) in [6, 6.07) is 13.4. The molecule has 0 atom stereocenters. The molecule has 1 aromatic heterocycles. The summed E-state index contributed by atoms with van der Waals surface area (Å²) >= 11 is 5.66. The lowest BCUT2D eigenvalue weighted by Crippen LogP contribution is -2.12. The van der Waals surface area contributed by atoms with Crippen LogP contribution in [0.4, 0.5) is 4.39 Å². The number of rotatable bonds is 5. The van der Waals surface area contributed by atoms with Crippen molar-refractivity contribution in [1.29, 1.82) is 0 Å². The second-order valence-electron chi connectivity index (χ2n) is 5.81. The van der Waals surface area contributed by atoms with Crippen molar-refractivity contribution in [3.63, 3.8) is 0 Å². The molecule has 2 aromatic carbocycles. The molecule has 1 heterocycles. The molecule has 0 spiro atoms. The van der Waals surface area contributed by atoms with Crippen LogP contribution < -0.4 is 10.5 Å². The molecule has 0 saturated carbocycles. The van der Waals surface area contributed by atoms with Crippen LogP contribution in [0.3, 0.4) is 0 Å². The quantitative estimate of drug-likeness (QED) is 0.717. The van der Waals surface area contributed by atoms with Gasteiger partial charge in [-0.2, -0.15) is 0 Å². The Morgan fingerprint density at radius 3 is 2.69 bits per heavy atom. The zero-order valence-electron chi connectivity index (χ0n) is 14.0. The molecule has 6 heteroatoms. The van der Waals surface area contributed by atoms with E-state index in [1.165, 1.54) is 12.1 Å². The van der Waals surface area contributed by atoms with E-state index in [-0.39, 0.29) is 11.6 Å². The lowest BCUT2D eigenvalue weighted by atomic mass is 10.0. The lowest BCUT2D eigenvalue weighted by molar-refractivity contribution is 0.0999. The zero-order chi connectivity index (χ0) is 18.7. The molecule has 2 N–H and O–H groups in total. The van der Waals surface area contributed by atoms with Gasteiger partial charge in [0, 0.05) is 23.4 Å². The third-order valence-electron chi connectivity index (χ3n) is 3.91. The number of amides is 1. The first-order chi connectivity index (χ1) is 12.4. The number of primary amides is 1. The third kappa shape index (κ3) is 4.00. The Morgan fingerprint density at radius 2 is 2.00 bits per heavy atom. The van der Waals surface area contributed by atoms with Gasteiger partial charge in [0.2, 0.25) is 5.91 Å². The van der Waals surface area contributed by atoms with Gasteiger partial charge in [0.05, 0.1) is 10.7 Å². The van der Waals surface area contributed by atoms with Crippen LogP contribution in [0.1, 0.15) is 21.5 Å². The second-order valence-corrected chi connectivity index (χ2v) is 6.22. The number of hydrogen-bond donors (Lipinski definition) is 1. The van der Waals surface area contributed by atoms with Crippen LogP contribution in [0.5, 0.6) is 5.75 Å². The van der Waals surface area contributed by atoms with Crippen molar-refractivity contribution in [3.05, 3.63) is 82.3 Å². The van der Waals surface area contributed by atoms with Crippen molar-refractivity contribution in [2.45, 2.75) is 13.5 Å². The highest BCUT2D eigenvalue weighted by atomic mass is 35.5. The van der Waals surface area contributed by atoms with E-state index >= 15 is 0 Å². The SMILES string of the molecule is Cc1cc(-c2cc(COc3ccc(Cl)c(F)c3)ccn2)ccc1C(N)=O. The molecule has 0 bridgehead atoms. The predicted molar refractivity (Wildman–Crippen MR) is 98.7 cm³/mol. The number of aromatic nitrogens is 1. The number of aryl methyl sites for hydroxylation is 1. The highest BCUT2D eigenvalue weighted by Crippen LogP contribution is 2.23. The summed E-state index contributed by atoms with van der Waals surface area (Å²) in [4.78, 5) is 15.7. The van der Waals surface area contributed by atoms with Crippen LogP contribution in [0.15, 0.2) is 54.7 Å². The number of halogens is 2. The summed E-state index contributed by atoms with van der Waals surface area (Å²) in [5.74, 6) is -0.587. The number of ether oxygens (including phenoxy) is 1. The predicted octanol–water partition coefficient (Wildman–Crippen LogP) is 4.53. The van der Waals surface area contributed by atoms with Gasteiger partial charge in [-0.1, -0.05) is 17.7 Å². The monoisotopic (exact) mass is 370 g/mol. The van der Waals surface area contributed by atoms with Crippen molar-refractivity contribution in [1.82, 2.24) is 4.98 Å². The van der Waals surface area contributed by atoms with E-state index in [4.69, 9.17) is 22.1 Å². The molecule has 3 rings (SSSR count). The molecule has 0 radical (unpaired) electrons. The Kier molecular flexibility index (Phi) is 5.19. The van der Waals surface area contributed by atoms with E-state index in [9.17, 15) is 9.18 Å². The summed E-state index contributed by atoms with van der Waals surface area (Å²) in [6.45, 7) is 2.08. The van der Waals surface area contributed by atoms with Gasteiger partial charge in [-0.15, -0.1) is 0 Å². The van der Waals surface area contributed by atoms with Crippen LogP contribution in [0.2, 0.25) is 5.02 Å². The minimum atomic E-state index is -0.524. The molecule has 132 valence electrons. The van der Waals surface area contributed by atoms with E-state index in [1.807, 2.05) is 25.1 Å². The van der Waals surface area contributed by atoms with Gasteiger partial charge in [0.15, 0.2) is 0 Å².